The molecule has 2 saturated heterocycles. The minimum atomic E-state index is 0.495. The van der Waals surface area contributed by atoms with Gasteiger partial charge >= 0.3 is 0 Å². The summed E-state index contributed by atoms with van der Waals surface area (Å²) in [5.74, 6) is 0.907. The first-order chi connectivity index (χ1) is 10.7. The molecular weight excluding hydrogens is 342 g/mol. The first-order valence-electron chi connectivity index (χ1n) is 8.03. The lowest BCUT2D eigenvalue weighted by atomic mass is 9.98. The van der Waals surface area contributed by atoms with Gasteiger partial charge in [0, 0.05) is 30.7 Å². The van der Waals surface area contributed by atoms with Crippen molar-refractivity contribution in [1.82, 2.24) is 19.7 Å². The van der Waals surface area contributed by atoms with Crippen molar-refractivity contribution >= 4 is 21.9 Å². The zero-order valence-corrected chi connectivity index (χ0v) is 14.3. The molecule has 2 atom stereocenters. The van der Waals surface area contributed by atoms with Crippen LogP contribution in [0.5, 0.6) is 0 Å². The number of fused-ring (bicyclic) bond motifs is 2. The molecule has 0 saturated carbocycles. The molecule has 5 nitrogen and oxygen atoms in total. The van der Waals surface area contributed by atoms with Crippen molar-refractivity contribution in [2.75, 3.05) is 4.90 Å². The van der Waals surface area contributed by atoms with E-state index in [9.17, 15) is 0 Å². The van der Waals surface area contributed by atoms with Crippen LogP contribution in [-0.4, -0.2) is 31.8 Å². The van der Waals surface area contributed by atoms with E-state index in [1.165, 1.54) is 18.4 Å². The van der Waals surface area contributed by atoms with Crippen LogP contribution >= 0.6 is 15.9 Å². The standard InChI is InChI=1S/C16H20BrN5/c1-2-11-7-18-16(19-8-11)22-13-3-4-14(22)6-15(5-13)21-10-12(17)9-20-21/h7-10,13-15H,2-6H2,1H3. The smallest absolute Gasteiger partial charge is 0.225 e. The minimum Gasteiger partial charge on any atom is -0.335 e. The Morgan fingerprint density at radius 2 is 1.77 bits per heavy atom. The lowest BCUT2D eigenvalue weighted by molar-refractivity contribution is 0.312. The summed E-state index contributed by atoms with van der Waals surface area (Å²) in [6.07, 6.45) is 13.6. The van der Waals surface area contributed by atoms with Crippen LogP contribution in [0.2, 0.25) is 0 Å². The van der Waals surface area contributed by atoms with Crippen molar-refractivity contribution in [3.63, 3.8) is 0 Å². The van der Waals surface area contributed by atoms with Gasteiger partial charge in [0.1, 0.15) is 0 Å². The van der Waals surface area contributed by atoms with E-state index in [-0.39, 0.29) is 0 Å². The van der Waals surface area contributed by atoms with Gasteiger partial charge in [-0.1, -0.05) is 6.92 Å². The quantitative estimate of drug-likeness (QED) is 0.840. The van der Waals surface area contributed by atoms with Crippen LogP contribution in [0.15, 0.2) is 29.3 Å². The number of piperidine rings is 1. The summed E-state index contributed by atoms with van der Waals surface area (Å²) in [4.78, 5) is 11.7. The van der Waals surface area contributed by atoms with Crippen LogP contribution in [0.1, 0.15) is 44.2 Å². The first kappa shape index (κ1) is 14.2. The zero-order valence-electron chi connectivity index (χ0n) is 12.7. The number of halogens is 1. The summed E-state index contributed by atoms with van der Waals surface area (Å²) in [7, 11) is 0. The normalized spacial score (nSPS) is 27.4. The monoisotopic (exact) mass is 361 g/mol. The molecule has 0 amide bonds. The van der Waals surface area contributed by atoms with Crippen LogP contribution in [0, 0.1) is 0 Å². The molecule has 4 rings (SSSR count). The molecule has 0 aliphatic carbocycles. The molecule has 2 bridgehead atoms. The molecule has 116 valence electrons. The Hall–Kier alpha value is -1.43. The highest BCUT2D eigenvalue weighted by atomic mass is 79.9. The predicted octanol–water partition coefficient (Wildman–Crippen LogP) is 3.37. The van der Waals surface area contributed by atoms with Gasteiger partial charge in [0.2, 0.25) is 5.95 Å². The Kier molecular flexibility index (Phi) is 3.64. The van der Waals surface area contributed by atoms with Gasteiger partial charge in [-0.05, 0) is 53.6 Å². The fourth-order valence-corrected chi connectivity index (χ4v) is 4.17. The van der Waals surface area contributed by atoms with Crippen LogP contribution in [0.25, 0.3) is 0 Å². The molecule has 0 spiro atoms. The van der Waals surface area contributed by atoms with E-state index in [1.807, 2.05) is 18.6 Å². The maximum Gasteiger partial charge on any atom is 0.225 e. The third-order valence-corrected chi connectivity index (χ3v) is 5.39. The van der Waals surface area contributed by atoms with Crippen LogP contribution in [0.3, 0.4) is 0 Å². The fraction of sp³-hybridized carbons (Fsp3) is 0.562. The molecule has 22 heavy (non-hydrogen) atoms. The van der Waals surface area contributed by atoms with Gasteiger partial charge in [-0.25, -0.2) is 9.97 Å². The minimum absolute atomic E-state index is 0.495. The van der Waals surface area contributed by atoms with Crippen LogP contribution in [-0.2, 0) is 6.42 Å². The van der Waals surface area contributed by atoms with E-state index in [0.717, 1.165) is 29.7 Å². The SMILES string of the molecule is CCc1cnc(N2C3CCC2CC(n2cc(Br)cn2)C3)nc1. The van der Waals surface area contributed by atoms with Crippen LogP contribution < -0.4 is 4.90 Å². The van der Waals surface area contributed by atoms with E-state index in [0.29, 0.717) is 18.1 Å². The second kappa shape index (κ2) is 5.65. The second-order valence-corrected chi connectivity index (χ2v) is 7.22. The number of anilines is 1. The maximum atomic E-state index is 4.60. The molecule has 2 aliphatic rings. The summed E-state index contributed by atoms with van der Waals surface area (Å²) < 4.78 is 3.18. The molecule has 2 unspecified atom stereocenters. The Morgan fingerprint density at radius 1 is 1.09 bits per heavy atom. The molecule has 2 aromatic heterocycles. The van der Waals surface area contributed by atoms with Gasteiger partial charge < -0.3 is 4.90 Å². The number of rotatable bonds is 3. The first-order valence-corrected chi connectivity index (χ1v) is 8.83. The van der Waals surface area contributed by atoms with Gasteiger partial charge in [0.05, 0.1) is 16.7 Å². The maximum absolute atomic E-state index is 4.60. The van der Waals surface area contributed by atoms with Gasteiger partial charge in [-0.3, -0.25) is 4.68 Å². The number of nitrogens with zero attached hydrogens (tertiary/aromatic N) is 5. The van der Waals surface area contributed by atoms with Crippen molar-refractivity contribution in [2.45, 2.75) is 57.2 Å². The van der Waals surface area contributed by atoms with E-state index < -0.39 is 0 Å². The molecule has 0 radical (unpaired) electrons. The Labute approximate surface area is 138 Å². The lowest BCUT2D eigenvalue weighted by Gasteiger charge is -2.39. The summed E-state index contributed by atoms with van der Waals surface area (Å²) in [6, 6.07) is 1.58. The third-order valence-electron chi connectivity index (χ3n) is 4.98. The lowest BCUT2D eigenvalue weighted by Crippen LogP contribution is -2.44. The summed E-state index contributed by atoms with van der Waals surface area (Å²) in [5.41, 5.74) is 1.20. The number of hydrogen-bond acceptors (Lipinski definition) is 4. The molecule has 0 aromatic carbocycles. The molecule has 2 fully saturated rings. The highest BCUT2D eigenvalue weighted by Gasteiger charge is 2.42. The number of hydrogen-bond donors (Lipinski definition) is 0. The van der Waals surface area contributed by atoms with Crippen molar-refractivity contribution < 1.29 is 0 Å². The van der Waals surface area contributed by atoms with E-state index in [2.05, 4.69) is 53.7 Å². The Balaban J connectivity index is 1.55. The second-order valence-electron chi connectivity index (χ2n) is 6.30. The largest absolute Gasteiger partial charge is 0.335 e. The molecule has 2 aliphatic heterocycles. The average Bonchev–Trinajstić information content (AvgIpc) is 3.09. The van der Waals surface area contributed by atoms with Gasteiger partial charge in [-0.15, -0.1) is 0 Å². The predicted molar refractivity (Wildman–Crippen MR) is 88.9 cm³/mol. The van der Waals surface area contributed by atoms with Crippen molar-refractivity contribution in [3.05, 3.63) is 34.8 Å². The molecule has 2 aromatic rings. The third kappa shape index (κ3) is 2.43. The van der Waals surface area contributed by atoms with E-state index in [4.69, 9.17) is 0 Å². The summed E-state index contributed by atoms with van der Waals surface area (Å²) in [6.45, 7) is 2.13. The Bertz CT molecular complexity index is 639. The highest BCUT2D eigenvalue weighted by molar-refractivity contribution is 9.10. The van der Waals surface area contributed by atoms with Gasteiger partial charge in [0.15, 0.2) is 0 Å². The van der Waals surface area contributed by atoms with E-state index in [1.54, 1.807) is 0 Å². The zero-order chi connectivity index (χ0) is 15.1. The number of aromatic nitrogens is 4. The van der Waals surface area contributed by atoms with Crippen molar-refractivity contribution in [1.29, 1.82) is 0 Å². The topological polar surface area (TPSA) is 46.8 Å². The molecule has 4 heterocycles. The van der Waals surface area contributed by atoms with Crippen molar-refractivity contribution in [3.8, 4) is 0 Å². The van der Waals surface area contributed by atoms with E-state index >= 15 is 0 Å². The number of aryl methyl sites for hydroxylation is 1. The summed E-state index contributed by atoms with van der Waals surface area (Å²) >= 11 is 3.49. The molecule has 6 heteroatoms. The summed E-state index contributed by atoms with van der Waals surface area (Å²) in [5, 5.41) is 4.48. The Morgan fingerprint density at radius 3 is 2.32 bits per heavy atom. The highest BCUT2D eigenvalue weighted by Crippen LogP contribution is 2.42. The molecular formula is C16H20BrN5. The molecule has 0 N–H and O–H groups in total. The fourth-order valence-electron chi connectivity index (χ4n) is 3.87. The van der Waals surface area contributed by atoms with Gasteiger partial charge in [-0.2, -0.15) is 5.10 Å². The van der Waals surface area contributed by atoms with Gasteiger partial charge in [0.25, 0.3) is 0 Å². The average molecular weight is 362 g/mol. The van der Waals surface area contributed by atoms with Crippen molar-refractivity contribution in [2.24, 2.45) is 0 Å². The van der Waals surface area contributed by atoms with Crippen LogP contribution in [0.4, 0.5) is 5.95 Å².